The summed E-state index contributed by atoms with van der Waals surface area (Å²) in [4.78, 5) is 10.5. The van der Waals surface area contributed by atoms with Gasteiger partial charge in [-0.25, -0.2) is 0 Å². The van der Waals surface area contributed by atoms with Gasteiger partial charge in [0.2, 0.25) is 0 Å². The van der Waals surface area contributed by atoms with Gasteiger partial charge in [0, 0.05) is 11.6 Å². The summed E-state index contributed by atoms with van der Waals surface area (Å²) in [6.45, 7) is 5.25. The Labute approximate surface area is 106 Å². The molecule has 1 aliphatic heterocycles. The fourth-order valence-corrected chi connectivity index (χ4v) is 2.26. The van der Waals surface area contributed by atoms with Gasteiger partial charge in [-0.05, 0) is 44.9 Å². The summed E-state index contributed by atoms with van der Waals surface area (Å²) in [7, 11) is 0. The molecule has 1 saturated heterocycles. The van der Waals surface area contributed by atoms with Crippen molar-refractivity contribution < 1.29 is 9.66 Å². The van der Waals surface area contributed by atoms with Crippen LogP contribution in [0.5, 0.6) is 5.75 Å². The molecule has 1 N–H and O–H groups in total. The monoisotopic (exact) mass is 250 g/mol. The highest BCUT2D eigenvalue weighted by molar-refractivity contribution is 5.49. The summed E-state index contributed by atoms with van der Waals surface area (Å²) in [5, 5.41) is 14.2. The smallest absolute Gasteiger partial charge is 0.276 e. The first-order chi connectivity index (χ1) is 8.58. The van der Waals surface area contributed by atoms with Crippen LogP contribution in [-0.2, 0) is 0 Å². The molecule has 0 radical (unpaired) electrons. The van der Waals surface area contributed by atoms with Gasteiger partial charge in [0.1, 0.15) is 12.4 Å². The number of ether oxygens (including phenoxy) is 1. The molecule has 0 spiro atoms. The van der Waals surface area contributed by atoms with Gasteiger partial charge >= 0.3 is 0 Å². The first-order valence-corrected chi connectivity index (χ1v) is 6.19. The van der Waals surface area contributed by atoms with Gasteiger partial charge in [0.05, 0.1) is 11.0 Å². The number of aryl methyl sites for hydroxylation is 2. The number of hydrogen-bond donors (Lipinski definition) is 1. The zero-order valence-corrected chi connectivity index (χ0v) is 10.7. The van der Waals surface area contributed by atoms with E-state index in [1.54, 1.807) is 13.0 Å². The predicted molar refractivity (Wildman–Crippen MR) is 69.1 cm³/mol. The molecule has 0 aromatic heterocycles. The molecule has 5 nitrogen and oxygen atoms in total. The minimum atomic E-state index is -0.366. The number of nitro groups is 1. The van der Waals surface area contributed by atoms with Gasteiger partial charge in [-0.3, -0.25) is 10.1 Å². The SMILES string of the molecule is Cc1cc(C)c([N+](=O)[O-])cc1OC[C@H]1CCCN1. The molecule has 1 aromatic rings. The maximum atomic E-state index is 10.9. The standard InChI is InChI=1S/C13H18N2O3/c1-9-6-10(2)13(7-12(9)15(16)17)18-8-11-4-3-5-14-11/h6-7,11,14H,3-5,8H2,1-2H3/t11-/m1/s1. The first kappa shape index (κ1) is 12.8. The molecule has 98 valence electrons. The summed E-state index contributed by atoms with van der Waals surface area (Å²) in [6, 6.07) is 3.69. The summed E-state index contributed by atoms with van der Waals surface area (Å²) in [5.41, 5.74) is 1.73. The highest BCUT2D eigenvalue weighted by Gasteiger charge is 2.17. The Balaban J connectivity index is 2.11. The second-order valence-corrected chi connectivity index (χ2v) is 4.77. The van der Waals surface area contributed by atoms with Crippen molar-refractivity contribution in [2.24, 2.45) is 0 Å². The molecular weight excluding hydrogens is 232 g/mol. The number of nitrogens with one attached hydrogen (secondary N) is 1. The van der Waals surface area contributed by atoms with E-state index in [0.717, 1.165) is 18.5 Å². The van der Waals surface area contributed by atoms with Crippen LogP contribution in [0.2, 0.25) is 0 Å². The van der Waals surface area contributed by atoms with Gasteiger partial charge in [0.25, 0.3) is 5.69 Å². The molecule has 0 unspecified atom stereocenters. The second kappa shape index (κ2) is 5.35. The number of nitrogens with zero attached hydrogens (tertiary/aromatic N) is 1. The van der Waals surface area contributed by atoms with Crippen molar-refractivity contribution in [1.82, 2.24) is 5.32 Å². The third kappa shape index (κ3) is 2.79. The van der Waals surface area contributed by atoms with Gasteiger partial charge in [-0.2, -0.15) is 0 Å². The van der Waals surface area contributed by atoms with E-state index in [2.05, 4.69) is 5.32 Å². The van der Waals surface area contributed by atoms with Crippen LogP contribution in [0.15, 0.2) is 12.1 Å². The van der Waals surface area contributed by atoms with E-state index in [-0.39, 0.29) is 10.6 Å². The zero-order chi connectivity index (χ0) is 13.1. The molecule has 1 aliphatic rings. The highest BCUT2D eigenvalue weighted by Crippen LogP contribution is 2.28. The fraction of sp³-hybridized carbons (Fsp3) is 0.538. The van der Waals surface area contributed by atoms with Crippen molar-refractivity contribution in [2.75, 3.05) is 13.2 Å². The lowest BCUT2D eigenvalue weighted by Gasteiger charge is -2.14. The van der Waals surface area contributed by atoms with Crippen LogP contribution in [-0.4, -0.2) is 24.1 Å². The largest absolute Gasteiger partial charge is 0.491 e. The normalized spacial score (nSPS) is 18.9. The topological polar surface area (TPSA) is 64.4 Å². The van der Waals surface area contributed by atoms with Crippen molar-refractivity contribution in [1.29, 1.82) is 0 Å². The zero-order valence-electron chi connectivity index (χ0n) is 10.7. The van der Waals surface area contributed by atoms with Crippen LogP contribution >= 0.6 is 0 Å². The molecule has 1 atom stereocenters. The first-order valence-electron chi connectivity index (χ1n) is 6.19. The molecule has 0 aliphatic carbocycles. The van der Waals surface area contributed by atoms with Crippen molar-refractivity contribution >= 4 is 5.69 Å². The van der Waals surface area contributed by atoms with E-state index in [1.807, 2.05) is 6.92 Å². The number of hydrogen-bond acceptors (Lipinski definition) is 4. The average molecular weight is 250 g/mol. The Hall–Kier alpha value is -1.62. The summed E-state index contributed by atoms with van der Waals surface area (Å²) < 4.78 is 5.70. The molecule has 0 bridgehead atoms. The quantitative estimate of drug-likeness (QED) is 0.658. The van der Waals surface area contributed by atoms with Crippen LogP contribution in [0.25, 0.3) is 0 Å². The van der Waals surface area contributed by atoms with Crippen LogP contribution in [0.4, 0.5) is 5.69 Å². The second-order valence-electron chi connectivity index (χ2n) is 4.77. The fourth-order valence-electron chi connectivity index (χ4n) is 2.26. The lowest BCUT2D eigenvalue weighted by Crippen LogP contribution is -2.28. The van der Waals surface area contributed by atoms with Crippen LogP contribution < -0.4 is 10.1 Å². The molecule has 5 heteroatoms. The summed E-state index contributed by atoms with van der Waals surface area (Å²) in [5.74, 6) is 0.612. The predicted octanol–water partition coefficient (Wildman–Crippen LogP) is 2.34. The van der Waals surface area contributed by atoms with E-state index in [4.69, 9.17) is 4.74 Å². The van der Waals surface area contributed by atoms with Gasteiger partial charge in [-0.15, -0.1) is 0 Å². The van der Waals surface area contributed by atoms with Gasteiger partial charge in [-0.1, -0.05) is 0 Å². The lowest BCUT2D eigenvalue weighted by molar-refractivity contribution is -0.385. The lowest BCUT2D eigenvalue weighted by atomic mass is 10.1. The van der Waals surface area contributed by atoms with E-state index in [9.17, 15) is 10.1 Å². The minimum absolute atomic E-state index is 0.120. The molecule has 0 amide bonds. The number of nitro benzene ring substituents is 1. The van der Waals surface area contributed by atoms with Crippen LogP contribution in [0, 0.1) is 24.0 Å². The molecule has 2 rings (SSSR count). The number of rotatable bonds is 4. The van der Waals surface area contributed by atoms with Crippen molar-refractivity contribution in [3.63, 3.8) is 0 Å². The maximum absolute atomic E-state index is 10.9. The Morgan fingerprint density at radius 3 is 2.83 bits per heavy atom. The molecule has 1 heterocycles. The molecule has 1 aromatic carbocycles. The number of benzene rings is 1. The average Bonchev–Trinajstić information content (AvgIpc) is 2.80. The Morgan fingerprint density at radius 2 is 2.22 bits per heavy atom. The van der Waals surface area contributed by atoms with Crippen LogP contribution in [0.3, 0.4) is 0 Å². The molecule has 18 heavy (non-hydrogen) atoms. The third-order valence-electron chi connectivity index (χ3n) is 3.29. The Morgan fingerprint density at radius 1 is 1.44 bits per heavy atom. The van der Waals surface area contributed by atoms with E-state index in [1.165, 1.54) is 12.5 Å². The van der Waals surface area contributed by atoms with Gasteiger partial charge < -0.3 is 10.1 Å². The molecular formula is C13H18N2O3. The van der Waals surface area contributed by atoms with Crippen molar-refractivity contribution in [3.05, 3.63) is 33.4 Å². The Kier molecular flexibility index (Phi) is 3.81. The maximum Gasteiger partial charge on any atom is 0.276 e. The van der Waals surface area contributed by atoms with Gasteiger partial charge in [0.15, 0.2) is 0 Å². The minimum Gasteiger partial charge on any atom is -0.491 e. The molecule has 1 fully saturated rings. The summed E-state index contributed by atoms with van der Waals surface area (Å²) >= 11 is 0. The van der Waals surface area contributed by atoms with E-state index in [0.29, 0.717) is 24.0 Å². The van der Waals surface area contributed by atoms with Crippen molar-refractivity contribution in [2.45, 2.75) is 32.7 Å². The van der Waals surface area contributed by atoms with E-state index < -0.39 is 0 Å². The van der Waals surface area contributed by atoms with E-state index >= 15 is 0 Å². The third-order valence-corrected chi connectivity index (χ3v) is 3.29. The van der Waals surface area contributed by atoms with Crippen molar-refractivity contribution in [3.8, 4) is 5.75 Å². The highest BCUT2D eigenvalue weighted by atomic mass is 16.6. The Bertz CT molecular complexity index is 454. The molecule has 0 saturated carbocycles. The summed E-state index contributed by atoms with van der Waals surface area (Å²) in [6.07, 6.45) is 2.27. The van der Waals surface area contributed by atoms with Crippen LogP contribution in [0.1, 0.15) is 24.0 Å².